The second-order valence-corrected chi connectivity index (χ2v) is 11.1. The molecule has 0 aliphatic carbocycles. The molecule has 3 heterocycles. The minimum Gasteiger partial charge on any atom is -0.497 e. The number of nitrogens with one attached hydrogen (secondary N) is 1. The fourth-order valence-electron chi connectivity index (χ4n) is 5.62. The third-order valence-corrected chi connectivity index (χ3v) is 8.80. The fourth-order valence-corrected chi connectivity index (χ4v) is 6.25. The summed E-state index contributed by atoms with van der Waals surface area (Å²) in [6.45, 7) is 4.22. The van der Waals surface area contributed by atoms with Gasteiger partial charge in [-0.15, -0.1) is 23.7 Å². The summed E-state index contributed by atoms with van der Waals surface area (Å²) < 4.78 is 5.25. The summed E-state index contributed by atoms with van der Waals surface area (Å²) in [5, 5.41) is 5.17. The normalized spacial score (nSPS) is 17.7. The lowest BCUT2D eigenvalue weighted by Gasteiger charge is -2.38. The number of carbonyl (C=O) groups excluding carboxylic acids is 2. The number of hydrogen-bond acceptors (Lipinski definition) is 5. The maximum absolute atomic E-state index is 13.4. The van der Waals surface area contributed by atoms with Gasteiger partial charge in [0.1, 0.15) is 5.75 Å². The van der Waals surface area contributed by atoms with Crippen molar-refractivity contribution in [1.29, 1.82) is 0 Å². The fraction of sp³-hybridized carbons (Fsp3) is 0.400. The Morgan fingerprint density at radius 1 is 1.00 bits per heavy atom. The van der Waals surface area contributed by atoms with E-state index < -0.39 is 0 Å². The highest BCUT2D eigenvalue weighted by Gasteiger charge is 2.47. The molecular weight excluding hydrogens is 518 g/mol. The molecule has 3 aromatic rings. The zero-order valence-electron chi connectivity index (χ0n) is 21.8. The quantitative estimate of drug-likeness (QED) is 0.377. The Bertz CT molecular complexity index is 1180. The second kappa shape index (κ2) is 12.8. The van der Waals surface area contributed by atoms with Gasteiger partial charge in [-0.1, -0.05) is 48.5 Å². The first-order valence-corrected chi connectivity index (χ1v) is 14.0. The van der Waals surface area contributed by atoms with Gasteiger partial charge in [0.05, 0.1) is 23.4 Å². The molecule has 202 valence electrons. The summed E-state index contributed by atoms with van der Waals surface area (Å²) in [6, 6.07) is 21.9. The molecule has 2 aliphatic rings. The standard InChI is InChI=1S/C30H35N3O3S.ClH/c1-36-25-11-9-23(10-12-25)22-33-20-16-30(29(33)35)14-18-32(19-15-30)17-13-26(24-6-3-2-4-7-24)31-28(34)27-8-5-21-37-27;/h2-12,21,26H,13-20,22H2,1H3,(H,31,34);1H/t26-;/m0./s1. The van der Waals surface area contributed by atoms with Gasteiger partial charge in [-0.05, 0) is 73.5 Å². The van der Waals surface area contributed by atoms with Gasteiger partial charge in [0.25, 0.3) is 5.91 Å². The lowest BCUT2D eigenvalue weighted by atomic mass is 9.77. The monoisotopic (exact) mass is 553 g/mol. The number of benzene rings is 2. The Morgan fingerprint density at radius 2 is 1.71 bits per heavy atom. The summed E-state index contributed by atoms with van der Waals surface area (Å²) >= 11 is 1.46. The lowest BCUT2D eigenvalue weighted by Crippen LogP contribution is -2.45. The number of amides is 2. The van der Waals surface area contributed by atoms with Crippen LogP contribution in [0.4, 0.5) is 0 Å². The predicted molar refractivity (Wildman–Crippen MR) is 154 cm³/mol. The summed E-state index contributed by atoms with van der Waals surface area (Å²) in [4.78, 5) is 31.4. The van der Waals surface area contributed by atoms with E-state index in [4.69, 9.17) is 4.74 Å². The third kappa shape index (κ3) is 6.40. The number of ether oxygens (including phenoxy) is 1. The Morgan fingerprint density at radius 3 is 2.37 bits per heavy atom. The van der Waals surface area contributed by atoms with Crippen LogP contribution in [0.25, 0.3) is 0 Å². The van der Waals surface area contributed by atoms with Crippen molar-refractivity contribution in [3.8, 4) is 5.75 Å². The Balaban J connectivity index is 0.00000336. The van der Waals surface area contributed by atoms with Crippen LogP contribution in [0, 0.1) is 5.41 Å². The number of piperidine rings is 1. The van der Waals surface area contributed by atoms with Gasteiger partial charge in [0.2, 0.25) is 5.91 Å². The van der Waals surface area contributed by atoms with Gasteiger partial charge in [-0.25, -0.2) is 0 Å². The van der Waals surface area contributed by atoms with E-state index in [1.165, 1.54) is 11.3 Å². The molecule has 2 amide bonds. The van der Waals surface area contributed by atoms with Gasteiger partial charge < -0.3 is 19.9 Å². The topological polar surface area (TPSA) is 61.9 Å². The molecule has 0 bridgehead atoms. The molecule has 1 atom stereocenters. The van der Waals surface area contributed by atoms with Gasteiger partial charge in [-0.2, -0.15) is 0 Å². The van der Waals surface area contributed by atoms with Crippen LogP contribution in [0.2, 0.25) is 0 Å². The van der Waals surface area contributed by atoms with Crippen molar-refractivity contribution in [2.45, 2.75) is 38.3 Å². The Labute approximate surface area is 235 Å². The first-order valence-electron chi connectivity index (χ1n) is 13.1. The zero-order valence-corrected chi connectivity index (χ0v) is 23.4. The molecule has 1 spiro atoms. The third-order valence-electron chi connectivity index (χ3n) is 7.93. The minimum absolute atomic E-state index is 0. The van der Waals surface area contributed by atoms with Crippen molar-refractivity contribution in [3.63, 3.8) is 0 Å². The molecule has 5 rings (SSSR count). The van der Waals surface area contributed by atoms with Gasteiger partial charge >= 0.3 is 0 Å². The first kappa shape index (κ1) is 28.1. The van der Waals surface area contributed by atoms with Crippen LogP contribution in [-0.2, 0) is 11.3 Å². The van der Waals surface area contributed by atoms with Crippen LogP contribution in [-0.4, -0.2) is 54.9 Å². The number of hydrogen-bond donors (Lipinski definition) is 1. The smallest absolute Gasteiger partial charge is 0.261 e. The van der Waals surface area contributed by atoms with Crippen LogP contribution >= 0.6 is 23.7 Å². The van der Waals surface area contributed by atoms with Crippen LogP contribution in [0.5, 0.6) is 5.75 Å². The van der Waals surface area contributed by atoms with E-state index in [9.17, 15) is 9.59 Å². The van der Waals surface area contributed by atoms with Gasteiger partial charge in [-0.3, -0.25) is 9.59 Å². The van der Waals surface area contributed by atoms with E-state index in [2.05, 4.69) is 22.3 Å². The highest BCUT2D eigenvalue weighted by molar-refractivity contribution is 7.12. The van der Waals surface area contributed by atoms with Gasteiger partial charge in [0, 0.05) is 19.6 Å². The van der Waals surface area contributed by atoms with Crippen LogP contribution in [0.1, 0.15) is 52.5 Å². The summed E-state index contributed by atoms with van der Waals surface area (Å²) in [5.74, 6) is 1.13. The Hall–Kier alpha value is -2.87. The molecule has 6 nitrogen and oxygen atoms in total. The maximum atomic E-state index is 13.4. The summed E-state index contributed by atoms with van der Waals surface area (Å²) in [6.07, 6.45) is 3.59. The molecule has 1 N–H and O–H groups in total. The van der Waals surface area contributed by atoms with Crippen LogP contribution < -0.4 is 10.1 Å². The van der Waals surface area contributed by atoms with E-state index in [0.29, 0.717) is 12.5 Å². The number of halogens is 1. The number of likely N-dealkylation sites (tertiary alicyclic amines) is 2. The molecule has 2 aliphatic heterocycles. The lowest BCUT2D eigenvalue weighted by molar-refractivity contribution is -0.138. The number of methoxy groups -OCH3 is 1. The van der Waals surface area contributed by atoms with Crippen molar-refractivity contribution in [3.05, 3.63) is 88.1 Å². The van der Waals surface area contributed by atoms with Crippen molar-refractivity contribution < 1.29 is 14.3 Å². The SMILES string of the molecule is COc1ccc(CN2CCC3(CCN(CC[C@H](NC(=O)c4cccs4)c4ccccc4)CC3)C2=O)cc1.Cl. The van der Waals surface area contributed by atoms with E-state index >= 15 is 0 Å². The van der Waals surface area contributed by atoms with Crippen molar-refractivity contribution >= 4 is 35.6 Å². The van der Waals surface area contributed by atoms with E-state index in [1.807, 2.05) is 64.9 Å². The molecule has 0 radical (unpaired) electrons. The summed E-state index contributed by atoms with van der Waals surface area (Å²) in [5.41, 5.74) is 2.05. The highest BCUT2D eigenvalue weighted by Crippen LogP contribution is 2.42. The maximum Gasteiger partial charge on any atom is 0.261 e. The van der Waals surface area contributed by atoms with E-state index in [-0.39, 0.29) is 29.8 Å². The second-order valence-electron chi connectivity index (χ2n) is 10.1. The number of carbonyl (C=O) groups is 2. The molecule has 8 heteroatoms. The zero-order chi connectivity index (χ0) is 25.7. The predicted octanol–water partition coefficient (Wildman–Crippen LogP) is 5.55. The molecule has 38 heavy (non-hydrogen) atoms. The minimum atomic E-state index is -0.213. The largest absolute Gasteiger partial charge is 0.497 e. The molecule has 2 fully saturated rings. The number of thiophene rings is 1. The van der Waals surface area contributed by atoms with Crippen molar-refractivity contribution in [2.75, 3.05) is 33.3 Å². The van der Waals surface area contributed by atoms with Crippen molar-refractivity contribution in [1.82, 2.24) is 15.1 Å². The first-order chi connectivity index (χ1) is 18.1. The molecule has 2 saturated heterocycles. The summed E-state index contributed by atoms with van der Waals surface area (Å²) in [7, 11) is 1.66. The molecule has 2 aromatic carbocycles. The molecule has 0 saturated carbocycles. The van der Waals surface area contributed by atoms with Gasteiger partial charge in [0.15, 0.2) is 0 Å². The molecule has 0 unspecified atom stereocenters. The molecule has 1 aromatic heterocycles. The molecular formula is C30H36ClN3O3S. The number of rotatable bonds is 9. The average Bonchev–Trinajstić information content (AvgIpc) is 3.58. The van der Waals surface area contributed by atoms with Crippen LogP contribution in [0.3, 0.4) is 0 Å². The van der Waals surface area contributed by atoms with Crippen molar-refractivity contribution in [2.24, 2.45) is 5.41 Å². The number of nitrogens with zero attached hydrogens (tertiary/aromatic N) is 2. The van der Waals surface area contributed by atoms with E-state index in [1.54, 1.807) is 7.11 Å². The van der Waals surface area contributed by atoms with Crippen LogP contribution in [0.15, 0.2) is 72.1 Å². The average molecular weight is 554 g/mol. The Kier molecular flexibility index (Phi) is 9.47. The highest BCUT2D eigenvalue weighted by atomic mass is 35.5. The van der Waals surface area contributed by atoms with E-state index in [0.717, 1.165) is 73.6 Å².